The van der Waals surface area contributed by atoms with E-state index in [1.165, 1.54) is 36.0 Å². The molecule has 0 bridgehead atoms. The van der Waals surface area contributed by atoms with Crippen LogP contribution >= 0.6 is 0 Å². The zero-order valence-electron chi connectivity index (χ0n) is 26.2. The molecule has 0 spiro atoms. The third-order valence-electron chi connectivity index (χ3n) is 8.85. The zero-order valence-corrected chi connectivity index (χ0v) is 26.2. The van der Waals surface area contributed by atoms with Crippen molar-refractivity contribution in [2.24, 2.45) is 0 Å². The smallest absolute Gasteiger partial charge is 0.410 e. The van der Waals surface area contributed by atoms with Crippen LogP contribution in [-0.2, 0) is 25.5 Å². The summed E-state index contributed by atoms with van der Waals surface area (Å²) in [5.74, 6) is -2.79. The summed E-state index contributed by atoms with van der Waals surface area (Å²) in [7, 11) is 2.88. The Kier molecular flexibility index (Phi) is 9.84. The van der Waals surface area contributed by atoms with Gasteiger partial charge in [0.2, 0.25) is 11.8 Å². The third-order valence-corrected chi connectivity index (χ3v) is 8.85. The highest BCUT2D eigenvalue weighted by molar-refractivity contribution is 5.92. The number of ether oxygens (including phenoxy) is 1. The van der Waals surface area contributed by atoms with Gasteiger partial charge >= 0.3 is 12.1 Å². The summed E-state index contributed by atoms with van der Waals surface area (Å²) in [6.45, 7) is 1.42. The molecular formula is C36H38FN3O6. The first-order chi connectivity index (χ1) is 22.1. The van der Waals surface area contributed by atoms with Gasteiger partial charge in [-0.15, -0.1) is 0 Å². The van der Waals surface area contributed by atoms with E-state index in [0.29, 0.717) is 17.5 Å². The van der Waals surface area contributed by atoms with E-state index in [9.17, 15) is 28.7 Å². The largest absolute Gasteiger partial charge is 0.480 e. The van der Waals surface area contributed by atoms with Gasteiger partial charge in [-0.3, -0.25) is 19.3 Å². The van der Waals surface area contributed by atoms with Crippen LogP contribution in [0.5, 0.6) is 0 Å². The number of likely N-dealkylation sites (N-methyl/N-ethyl adjacent to an activating group) is 2. The van der Waals surface area contributed by atoms with Crippen molar-refractivity contribution in [3.63, 3.8) is 0 Å². The van der Waals surface area contributed by atoms with Gasteiger partial charge in [-0.05, 0) is 65.3 Å². The lowest BCUT2D eigenvalue weighted by Gasteiger charge is -2.38. The maximum Gasteiger partial charge on any atom is 0.410 e. The van der Waals surface area contributed by atoms with Crippen LogP contribution in [0, 0.1) is 12.7 Å². The van der Waals surface area contributed by atoms with Gasteiger partial charge in [0, 0.05) is 33.0 Å². The van der Waals surface area contributed by atoms with Gasteiger partial charge in [0.15, 0.2) is 0 Å². The van der Waals surface area contributed by atoms with Gasteiger partial charge < -0.3 is 19.6 Å². The number of rotatable bonds is 9. The molecule has 10 heteroatoms. The van der Waals surface area contributed by atoms with Gasteiger partial charge in [-0.1, -0.05) is 66.7 Å². The second-order valence-corrected chi connectivity index (χ2v) is 11.8. The van der Waals surface area contributed by atoms with Crippen molar-refractivity contribution in [2.45, 2.75) is 44.2 Å². The van der Waals surface area contributed by atoms with Crippen molar-refractivity contribution in [3.05, 3.63) is 107 Å². The molecule has 1 aliphatic heterocycles. The van der Waals surface area contributed by atoms with E-state index in [4.69, 9.17) is 4.74 Å². The van der Waals surface area contributed by atoms with Crippen LogP contribution in [0.15, 0.2) is 78.9 Å². The summed E-state index contributed by atoms with van der Waals surface area (Å²) in [5, 5.41) is 9.35. The van der Waals surface area contributed by atoms with Crippen molar-refractivity contribution >= 4 is 23.9 Å². The molecule has 3 aromatic carbocycles. The molecule has 1 unspecified atom stereocenters. The van der Waals surface area contributed by atoms with E-state index in [0.717, 1.165) is 27.2 Å². The number of carboxylic acids is 1. The van der Waals surface area contributed by atoms with E-state index < -0.39 is 48.3 Å². The number of benzene rings is 3. The molecule has 2 atom stereocenters. The molecule has 0 radical (unpaired) electrons. The number of hydrogen-bond acceptors (Lipinski definition) is 5. The second-order valence-electron chi connectivity index (χ2n) is 11.8. The van der Waals surface area contributed by atoms with E-state index in [2.05, 4.69) is 12.1 Å². The van der Waals surface area contributed by atoms with Crippen molar-refractivity contribution in [1.29, 1.82) is 0 Å². The summed E-state index contributed by atoms with van der Waals surface area (Å²) in [6.07, 6.45) is 3.77. The summed E-state index contributed by atoms with van der Waals surface area (Å²) in [5.41, 5.74) is 5.59. The monoisotopic (exact) mass is 627 g/mol. The van der Waals surface area contributed by atoms with Crippen LogP contribution in [-0.4, -0.2) is 89.6 Å². The number of hydrogen-bond donors (Lipinski definition) is 1. The summed E-state index contributed by atoms with van der Waals surface area (Å²) >= 11 is 0. The molecule has 1 N–H and O–H groups in total. The van der Waals surface area contributed by atoms with Gasteiger partial charge in [0.25, 0.3) is 0 Å². The standard InChI is InChI=1S/C36H38FN3O6/c1-23-19-25(37)17-16-24(23)20-32(34(43)38(2)21-33(41)42)40-18-10-4-5-15-31(35(40)44)39(3)36(45)46-22-30-28-13-8-6-11-26(28)27-12-7-9-14-29(27)30/h4-9,11-14,16-17,19,30-32H,10,15,18,20-22H2,1-3H3,(H,41,42)/b5-4-/t31-,32?/m0/s1. The summed E-state index contributed by atoms with van der Waals surface area (Å²) < 4.78 is 19.7. The molecule has 0 saturated heterocycles. The third kappa shape index (κ3) is 6.80. The normalized spacial score (nSPS) is 17.3. The predicted octanol–water partition coefficient (Wildman–Crippen LogP) is 5.02. The lowest BCUT2D eigenvalue weighted by atomic mass is 9.97. The van der Waals surface area contributed by atoms with E-state index in [1.54, 1.807) is 13.0 Å². The molecule has 2 aliphatic rings. The fourth-order valence-electron chi connectivity index (χ4n) is 6.38. The maximum atomic E-state index is 14.2. The summed E-state index contributed by atoms with van der Waals surface area (Å²) in [4.78, 5) is 56.7. The fourth-order valence-corrected chi connectivity index (χ4v) is 6.38. The maximum absolute atomic E-state index is 14.2. The quantitative estimate of drug-likeness (QED) is 0.334. The Morgan fingerprint density at radius 3 is 2.28 bits per heavy atom. The Morgan fingerprint density at radius 1 is 1.00 bits per heavy atom. The second kappa shape index (κ2) is 14.0. The van der Waals surface area contributed by atoms with Crippen LogP contribution < -0.4 is 0 Å². The van der Waals surface area contributed by atoms with Crippen molar-refractivity contribution in [1.82, 2.24) is 14.7 Å². The molecular weight excluding hydrogens is 589 g/mol. The zero-order chi connectivity index (χ0) is 33.0. The van der Waals surface area contributed by atoms with Crippen LogP contribution in [0.4, 0.5) is 9.18 Å². The first-order valence-corrected chi connectivity index (χ1v) is 15.3. The fraction of sp³-hybridized carbons (Fsp3) is 0.333. The minimum Gasteiger partial charge on any atom is -0.480 e. The summed E-state index contributed by atoms with van der Waals surface area (Å²) in [6, 6.07) is 18.2. The Bertz CT molecular complexity index is 1630. The van der Waals surface area contributed by atoms with Crippen LogP contribution in [0.25, 0.3) is 11.1 Å². The van der Waals surface area contributed by atoms with Crippen LogP contribution in [0.2, 0.25) is 0 Å². The average molecular weight is 628 g/mol. The highest BCUT2D eigenvalue weighted by Gasteiger charge is 2.39. The number of fused-ring (bicyclic) bond motifs is 3. The highest BCUT2D eigenvalue weighted by Crippen LogP contribution is 2.44. The van der Waals surface area contributed by atoms with Gasteiger partial charge in [0.05, 0.1) is 0 Å². The first-order valence-electron chi connectivity index (χ1n) is 15.3. The minimum atomic E-state index is -1.19. The topological polar surface area (TPSA) is 107 Å². The SMILES string of the molecule is Cc1cc(F)ccc1CC(C(=O)N(C)CC(=O)O)N1CC/C=C\C[C@H](N(C)C(=O)OCC2c3ccccc3-c3ccccc32)C1=O. The Morgan fingerprint density at radius 2 is 1.65 bits per heavy atom. The molecule has 0 aromatic heterocycles. The molecule has 240 valence electrons. The molecule has 1 heterocycles. The van der Waals surface area contributed by atoms with Gasteiger partial charge in [0.1, 0.15) is 31.1 Å². The minimum absolute atomic E-state index is 0.0474. The Hall–Kier alpha value is -4.99. The number of nitrogens with zero attached hydrogens (tertiary/aromatic N) is 3. The number of carbonyl (C=O) groups excluding carboxylic acids is 3. The van der Waals surface area contributed by atoms with Gasteiger partial charge in [-0.25, -0.2) is 9.18 Å². The molecule has 0 fully saturated rings. The molecule has 1 aliphatic carbocycles. The lowest BCUT2D eigenvalue weighted by molar-refractivity contribution is -0.150. The van der Waals surface area contributed by atoms with E-state index >= 15 is 0 Å². The number of aryl methyl sites for hydroxylation is 1. The highest BCUT2D eigenvalue weighted by atomic mass is 19.1. The molecule has 3 aromatic rings. The van der Waals surface area contributed by atoms with Crippen molar-refractivity contribution in [3.8, 4) is 11.1 Å². The van der Waals surface area contributed by atoms with Crippen LogP contribution in [0.1, 0.15) is 41.0 Å². The van der Waals surface area contributed by atoms with Gasteiger partial charge in [-0.2, -0.15) is 0 Å². The molecule has 46 heavy (non-hydrogen) atoms. The number of halogens is 1. The predicted molar refractivity (Wildman–Crippen MR) is 171 cm³/mol. The molecule has 5 rings (SSSR count). The average Bonchev–Trinajstić information content (AvgIpc) is 3.34. The number of amides is 3. The molecule has 9 nitrogen and oxygen atoms in total. The number of aliphatic carboxylic acids is 1. The molecule has 3 amide bonds. The van der Waals surface area contributed by atoms with Crippen LogP contribution in [0.3, 0.4) is 0 Å². The number of carbonyl (C=O) groups is 4. The van der Waals surface area contributed by atoms with Crippen molar-refractivity contribution in [2.75, 3.05) is 33.8 Å². The van der Waals surface area contributed by atoms with Crippen molar-refractivity contribution < 1.29 is 33.4 Å². The number of carboxylic acid groups (broad SMARTS) is 1. The van der Waals surface area contributed by atoms with E-state index in [-0.39, 0.29) is 31.9 Å². The van der Waals surface area contributed by atoms with E-state index in [1.807, 2.05) is 48.6 Å². The first kappa shape index (κ1) is 32.4. The molecule has 0 saturated carbocycles. The Balaban J connectivity index is 1.38. The lowest BCUT2D eigenvalue weighted by Crippen LogP contribution is -2.57. The Labute approximate surface area is 267 Å².